The summed E-state index contributed by atoms with van der Waals surface area (Å²) in [5.41, 5.74) is 0.0242. The normalized spacial score (nSPS) is 14.4. The number of carbonyl (C=O) groups is 1. The van der Waals surface area contributed by atoms with E-state index in [1.807, 2.05) is 4.72 Å². The Morgan fingerprint density at radius 1 is 1.36 bits per heavy atom. The molecule has 0 saturated heterocycles. The van der Waals surface area contributed by atoms with Crippen LogP contribution in [0.4, 0.5) is 0 Å². The number of amides is 1. The van der Waals surface area contributed by atoms with E-state index >= 15 is 0 Å². The molecule has 2 aromatic rings. The lowest BCUT2D eigenvalue weighted by atomic mass is 10.4. The molecule has 0 atom stereocenters. The Hall–Kier alpha value is -1.90. The number of ether oxygens (including phenoxy) is 1. The Kier molecular flexibility index (Phi) is 3.90. The van der Waals surface area contributed by atoms with E-state index in [9.17, 15) is 13.2 Å². The average Bonchev–Trinajstić information content (AvgIpc) is 2.91. The van der Waals surface area contributed by atoms with Crippen LogP contribution < -0.4 is 4.72 Å². The molecule has 0 spiro atoms. The summed E-state index contributed by atoms with van der Waals surface area (Å²) in [6.07, 6.45) is 1.51. The SMILES string of the molecule is O=C(NS(=O)(=O)c1ccccc1Cl)c1cn2c(n1)COCC2. The first-order valence-electron chi connectivity index (χ1n) is 6.43. The van der Waals surface area contributed by atoms with Gasteiger partial charge in [0.2, 0.25) is 0 Å². The molecule has 3 rings (SSSR count). The molecule has 0 radical (unpaired) electrons. The molecular formula is C13H12ClN3O4S. The summed E-state index contributed by atoms with van der Waals surface area (Å²) >= 11 is 5.85. The van der Waals surface area contributed by atoms with E-state index in [2.05, 4.69) is 4.98 Å². The molecule has 116 valence electrons. The van der Waals surface area contributed by atoms with E-state index in [0.717, 1.165) is 0 Å². The molecule has 1 N–H and O–H groups in total. The average molecular weight is 342 g/mol. The molecule has 0 bridgehead atoms. The van der Waals surface area contributed by atoms with E-state index in [1.54, 1.807) is 10.6 Å². The minimum absolute atomic E-state index is 0.0242. The number of halogens is 1. The lowest BCUT2D eigenvalue weighted by Gasteiger charge is -2.13. The number of nitrogens with one attached hydrogen (secondary N) is 1. The number of benzene rings is 1. The maximum atomic E-state index is 12.2. The Morgan fingerprint density at radius 2 is 2.14 bits per heavy atom. The van der Waals surface area contributed by atoms with Crippen LogP contribution in [-0.2, 0) is 27.9 Å². The monoisotopic (exact) mass is 341 g/mol. The second kappa shape index (κ2) is 5.71. The number of rotatable bonds is 3. The molecule has 1 amide bonds. The molecule has 1 aromatic carbocycles. The van der Waals surface area contributed by atoms with Crippen molar-refractivity contribution in [1.82, 2.24) is 14.3 Å². The van der Waals surface area contributed by atoms with Gasteiger partial charge in [0, 0.05) is 12.7 Å². The van der Waals surface area contributed by atoms with Crippen LogP contribution in [0.2, 0.25) is 5.02 Å². The Balaban J connectivity index is 1.85. The van der Waals surface area contributed by atoms with Crippen LogP contribution in [0, 0.1) is 0 Å². The van der Waals surface area contributed by atoms with E-state index in [1.165, 1.54) is 24.4 Å². The van der Waals surface area contributed by atoms with Gasteiger partial charge in [0.25, 0.3) is 15.9 Å². The lowest BCUT2D eigenvalue weighted by molar-refractivity contribution is 0.0816. The van der Waals surface area contributed by atoms with Gasteiger partial charge < -0.3 is 9.30 Å². The van der Waals surface area contributed by atoms with Crippen LogP contribution in [0.1, 0.15) is 16.3 Å². The second-order valence-corrected chi connectivity index (χ2v) is 6.71. The van der Waals surface area contributed by atoms with E-state index < -0.39 is 15.9 Å². The zero-order valence-electron chi connectivity index (χ0n) is 11.3. The summed E-state index contributed by atoms with van der Waals surface area (Å²) in [4.78, 5) is 16.0. The summed E-state index contributed by atoms with van der Waals surface area (Å²) in [5.74, 6) is -0.214. The molecule has 2 heterocycles. The molecule has 0 saturated carbocycles. The smallest absolute Gasteiger partial charge is 0.285 e. The number of nitrogens with zero attached hydrogens (tertiary/aromatic N) is 2. The maximum Gasteiger partial charge on any atom is 0.285 e. The van der Waals surface area contributed by atoms with Crippen molar-refractivity contribution in [2.24, 2.45) is 0 Å². The molecule has 1 aromatic heterocycles. The second-order valence-electron chi connectivity index (χ2n) is 4.65. The maximum absolute atomic E-state index is 12.2. The van der Waals surface area contributed by atoms with Gasteiger partial charge in [-0.3, -0.25) is 4.79 Å². The van der Waals surface area contributed by atoms with E-state index in [0.29, 0.717) is 25.6 Å². The van der Waals surface area contributed by atoms with Gasteiger partial charge in [0.1, 0.15) is 23.0 Å². The first kappa shape index (κ1) is 15.0. The fourth-order valence-electron chi connectivity index (χ4n) is 2.09. The van der Waals surface area contributed by atoms with Crippen molar-refractivity contribution in [2.45, 2.75) is 18.0 Å². The summed E-state index contributed by atoms with van der Waals surface area (Å²) in [6.45, 7) is 1.40. The molecule has 1 aliphatic heterocycles. The number of hydrogen-bond acceptors (Lipinski definition) is 5. The van der Waals surface area contributed by atoms with Gasteiger partial charge in [0.15, 0.2) is 0 Å². The van der Waals surface area contributed by atoms with Gasteiger partial charge in [-0.15, -0.1) is 0 Å². The van der Waals surface area contributed by atoms with Crippen molar-refractivity contribution in [3.05, 3.63) is 47.0 Å². The van der Waals surface area contributed by atoms with Crippen molar-refractivity contribution in [1.29, 1.82) is 0 Å². The van der Waals surface area contributed by atoms with E-state index in [4.69, 9.17) is 16.3 Å². The third-order valence-electron chi connectivity index (χ3n) is 3.15. The third-order valence-corrected chi connectivity index (χ3v) is 4.98. The van der Waals surface area contributed by atoms with Crippen LogP contribution in [0.5, 0.6) is 0 Å². The molecule has 1 aliphatic rings. The van der Waals surface area contributed by atoms with Gasteiger partial charge in [0.05, 0.1) is 11.6 Å². The van der Waals surface area contributed by atoms with Crippen LogP contribution >= 0.6 is 11.6 Å². The van der Waals surface area contributed by atoms with Crippen LogP contribution in [-0.4, -0.2) is 30.5 Å². The molecule has 22 heavy (non-hydrogen) atoms. The standard InChI is InChI=1S/C13H12ClN3O4S/c14-9-3-1-2-4-11(9)22(19,20)16-13(18)10-7-17-5-6-21-8-12(17)15-10/h1-4,7H,5-6,8H2,(H,16,18). The van der Waals surface area contributed by atoms with Crippen molar-refractivity contribution in [2.75, 3.05) is 6.61 Å². The van der Waals surface area contributed by atoms with Crippen molar-refractivity contribution in [3.63, 3.8) is 0 Å². The minimum atomic E-state index is -4.05. The Labute approximate surface area is 131 Å². The first-order chi connectivity index (χ1) is 10.5. The largest absolute Gasteiger partial charge is 0.372 e. The quantitative estimate of drug-likeness (QED) is 0.905. The molecule has 0 fully saturated rings. The third kappa shape index (κ3) is 2.85. The van der Waals surface area contributed by atoms with Crippen LogP contribution in [0.25, 0.3) is 0 Å². The summed E-state index contributed by atoms with van der Waals surface area (Å²) in [6, 6.07) is 5.89. The Bertz CT molecular complexity index is 808. The number of imidazole rings is 1. The number of hydrogen-bond donors (Lipinski definition) is 1. The minimum Gasteiger partial charge on any atom is -0.372 e. The highest BCUT2D eigenvalue weighted by Gasteiger charge is 2.24. The number of sulfonamides is 1. The topological polar surface area (TPSA) is 90.3 Å². The molecular weight excluding hydrogens is 330 g/mol. The van der Waals surface area contributed by atoms with Gasteiger partial charge in [-0.05, 0) is 12.1 Å². The predicted octanol–water partition coefficient (Wildman–Crippen LogP) is 1.19. The lowest BCUT2D eigenvalue weighted by Crippen LogP contribution is -2.31. The molecule has 7 nitrogen and oxygen atoms in total. The highest BCUT2D eigenvalue weighted by Crippen LogP contribution is 2.20. The summed E-state index contributed by atoms with van der Waals surface area (Å²) < 4.78 is 33.4. The fraction of sp³-hybridized carbons (Fsp3) is 0.231. The zero-order chi connectivity index (χ0) is 15.7. The highest BCUT2D eigenvalue weighted by atomic mass is 35.5. The fourth-order valence-corrected chi connectivity index (χ4v) is 3.57. The number of fused-ring (bicyclic) bond motifs is 1. The van der Waals surface area contributed by atoms with Crippen LogP contribution in [0.15, 0.2) is 35.4 Å². The van der Waals surface area contributed by atoms with Gasteiger partial charge in [-0.1, -0.05) is 23.7 Å². The molecule has 0 unspecified atom stereocenters. The van der Waals surface area contributed by atoms with Crippen molar-refractivity contribution < 1.29 is 17.9 Å². The summed E-state index contributed by atoms with van der Waals surface area (Å²) in [7, 11) is -4.05. The predicted molar refractivity (Wildman–Crippen MR) is 78.0 cm³/mol. The van der Waals surface area contributed by atoms with Crippen molar-refractivity contribution in [3.8, 4) is 0 Å². The molecule has 0 aliphatic carbocycles. The van der Waals surface area contributed by atoms with Gasteiger partial charge in [-0.2, -0.15) is 0 Å². The first-order valence-corrected chi connectivity index (χ1v) is 8.29. The van der Waals surface area contributed by atoms with Gasteiger partial charge in [-0.25, -0.2) is 18.1 Å². The Morgan fingerprint density at radius 3 is 2.86 bits per heavy atom. The van der Waals surface area contributed by atoms with E-state index in [-0.39, 0.29) is 15.6 Å². The number of aromatic nitrogens is 2. The van der Waals surface area contributed by atoms with Crippen LogP contribution in [0.3, 0.4) is 0 Å². The molecule has 9 heteroatoms. The van der Waals surface area contributed by atoms with Gasteiger partial charge >= 0.3 is 0 Å². The summed E-state index contributed by atoms with van der Waals surface area (Å²) in [5, 5.41) is 0.0420. The van der Waals surface area contributed by atoms with Crippen molar-refractivity contribution >= 4 is 27.5 Å². The zero-order valence-corrected chi connectivity index (χ0v) is 12.9. The highest BCUT2D eigenvalue weighted by molar-refractivity contribution is 7.90. The number of carbonyl (C=O) groups excluding carboxylic acids is 1.